The number of carbonyl (C=O) groups excluding carboxylic acids is 1. The summed E-state index contributed by atoms with van der Waals surface area (Å²) in [5.41, 5.74) is 0.902. The average molecular weight is 223 g/mol. The molecular weight excluding hydrogens is 205 g/mol. The minimum absolute atomic E-state index is 0.111. The number of nitrogens with zero attached hydrogens (tertiary/aromatic N) is 1. The molecule has 0 aromatic heterocycles. The van der Waals surface area contributed by atoms with Gasteiger partial charge < -0.3 is 4.90 Å². The van der Waals surface area contributed by atoms with Crippen molar-refractivity contribution in [2.24, 2.45) is 0 Å². The number of rotatable bonds is 1. The first-order valence-electron chi connectivity index (χ1n) is 5.25. The van der Waals surface area contributed by atoms with E-state index in [0.29, 0.717) is 0 Å². The lowest BCUT2D eigenvalue weighted by Crippen LogP contribution is -2.23. The van der Waals surface area contributed by atoms with E-state index in [1.54, 1.807) is 26.2 Å². The van der Waals surface area contributed by atoms with Crippen molar-refractivity contribution >= 4 is 5.91 Å². The molecule has 1 rings (SSSR count). The number of halogens is 1. The molecule has 0 bridgehead atoms. The molecule has 0 fully saturated rings. The summed E-state index contributed by atoms with van der Waals surface area (Å²) in [6.45, 7) is 6.03. The normalized spacial score (nSPS) is 11.4. The molecule has 0 aliphatic rings. The second-order valence-corrected chi connectivity index (χ2v) is 5.14. The second-order valence-electron chi connectivity index (χ2n) is 5.14. The highest BCUT2D eigenvalue weighted by Crippen LogP contribution is 2.24. The van der Waals surface area contributed by atoms with Gasteiger partial charge in [0.05, 0.1) is 5.56 Å². The van der Waals surface area contributed by atoms with E-state index in [9.17, 15) is 9.18 Å². The molecule has 88 valence electrons. The first kappa shape index (κ1) is 12.7. The predicted octanol–water partition coefficient (Wildman–Crippen LogP) is 2.83. The Labute approximate surface area is 96.1 Å². The molecule has 0 unspecified atom stereocenters. The zero-order valence-electron chi connectivity index (χ0n) is 10.5. The SMILES string of the molecule is CN(C)C(=O)c1ccc(C(C)(C)C)cc1F. The van der Waals surface area contributed by atoms with Gasteiger partial charge in [0.25, 0.3) is 5.91 Å². The largest absolute Gasteiger partial charge is 0.345 e. The number of benzene rings is 1. The Morgan fingerprint density at radius 1 is 1.25 bits per heavy atom. The molecule has 0 N–H and O–H groups in total. The summed E-state index contributed by atoms with van der Waals surface area (Å²) in [7, 11) is 3.22. The van der Waals surface area contributed by atoms with Crippen molar-refractivity contribution < 1.29 is 9.18 Å². The Morgan fingerprint density at radius 3 is 2.19 bits per heavy atom. The fourth-order valence-electron chi connectivity index (χ4n) is 1.40. The second kappa shape index (κ2) is 4.24. The molecule has 0 heterocycles. The van der Waals surface area contributed by atoms with Crippen LogP contribution in [-0.4, -0.2) is 24.9 Å². The minimum Gasteiger partial charge on any atom is -0.345 e. The first-order valence-corrected chi connectivity index (χ1v) is 5.25. The van der Waals surface area contributed by atoms with E-state index in [4.69, 9.17) is 0 Å². The topological polar surface area (TPSA) is 20.3 Å². The summed E-state index contributed by atoms with van der Waals surface area (Å²) < 4.78 is 13.7. The molecule has 0 aliphatic heterocycles. The molecule has 16 heavy (non-hydrogen) atoms. The summed E-state index contributed by atoms with van der Waals surface area (Å²) in [6.07, 6.45) is 0. The van der Waals surface area contributed by atoms with Crippen molar-refractivity contribution in [3.05, 3.63) is 35.1 Å². The molecule has 0 saturated carbocycles. The van der Waals surface area contributed by atoms with Crippen LogP contribution in [0.1, 0.15) is 36.7 Å². The summed E-state index contributed by atoms with van der Waals surface area (Å²) in [5.74, 6) is -0.760. The fraction of sp³-hybridized carbons (Fsp3) is 0.462. The van der Waals surface area contributed by atoms with Crippen molar-refractivity contribution in [3.8, 4) is 0 Å². The lowest BCUT2D eigenvalue weighted by Gasteiger charge is -2.20. The first-order chi connectivity index (χ1) is 7.23. The summed E-state index contributed by atoms with van der Waals surface area (Å²) in [6, 6.07) is 4.80. The zero-order chi connectivity index (χ0) is 12.5. The van der Waals surface area contributed by atoms with E-state index in [1.807, 2.05) is 20.8 Å². The van der Waals surface area contributed by atoms with Gasteiger partial charge in [-0.25, -0.2) is 4.39 Å². The van der Waals surface area contributed by atoms with Crippen LogP contribution in [0.25, 0.3) is 0 Å². The smallest absolute Gasteiger partial charge is 0.256 e. The van der Waals surface area contributed by atoms with Crippen molar-refractivity contribution in [1.82, 2.24) is 4.90 Å². The third-order valence-corrected chi connectivity index (χ3v) is 2.47. The quantitative estimate of drug-likeness (QED) is 0.717. The Kier molecular flexibility index (Phi) is 3.36. The van der Waals surface area contributed by atoms with Gasteiger partial charge in [0.2, 0.25) is 0 Å². The Balaban J connectivity index is 3.15. The van der Waals surface area contributed by atoms with Crippen LogP contribution in [0.4, 0.5) is 4.39 Å². The Morgan fingerprint density at radius 2 is 1.81 bits per heavy atom. The van der Waals surface area contributed by atoms with E-state index >= 15 is 0 Å². The third-order valence-electron chi connectivity index (χ3n) is 2.47. The monoisotopic (exact) mass is 223 g/mol. The van der Waals surface area contributed by atoms with Crippen LogP contribution >= 0.6 is 0 Å². The molecule has 0 saturated heterocycles. The van der Waals surface area contributed by atoms with E-state index in [2.05, 4.69) is 0 Å². The highest BCUT2D eigenvalue weighted by molar-refractivity contribution is 5.94. The van der Waals surface area contributed by atoms with Gasteiger partial charge in [-0.15, -0.1) is 0 Å². The van der Waals surface area contributed by atoms with Gasteiger partial charge in [-0.3, -0.25) is 4.79 Å². The number of carbonyl (C=O) groups is 1. The highest BCUT2D eigenvalue weighted by Gasteiger charge is 2.18. The molecule has 0 radical (unpaired) electrons. The number of hydrogen-bond acceptors (Lipinski definition) is 1. The molecule has 2 nitrogen and oxygen atoms in total. The molecule has 1 aromatic carbocycles. The molecule has 0 aliphatic carbocycles. The van der Waals surface area contributed by atoms with E-state index in [1.165, 1.54) is 11.0 Å². The maximum absolute atomic E-state index is 13.7. The number of hydrogen-bond donors (Lipinski definition) is 0. The van der Waals surface area contributed by atoms with Crippen molar-refractivity contribution in [3.63, 3.8) is 0 Å². The Bertz CT molecular complexity index is 405. The molecule has 1 amide bonds. The van der Waals surface area contributed by atoms with Crippen molar-refractivity contribution in [2.75, 3.05) is 14.1 Å². The molecular formula is C13H18FNO. The summed E-state index contributed by atoms with van der Waals surface area (Å²) in [4.78, 5) is 13.0. The third kappa shape index (κ3) is 2.60. The fourth-order valence-corrected chi connectivity index (χ4v) is 1.40. The molecule has 3 heteroatoms. The van der Waals surface area contributed by atoms with E-state index in [-0.39, 0.29) is 16.9 Å². The summed E-state index contributed by atoms with van der Waals surface area (Å²) >= 11 is 0. The van der Waals surface area contributed by atoms with Gasteiger partial charge >= 0.3 is 0 Å². The van der Waals surface area contributed by atoms with Gasteiger partial charge in [-0.1, -0.05) is 26.8 Å². The lowest BCUT2D eigenvalue weighted by atomic mass is 9.86. The van der Waals surface area contributed by atoms with Crippen LogP contribution in [0.15, 0.2) is 18.2 Å². The van der Waals surface area contributed by atoms with Crippen molar-refractivity contribution in [1.29, 1.82) is 0 Å². The summed E-state index contributed by atoms with van der Waals surface area (Å²) in [5, 5.41) is 0. The van der Waals surface area contributed by atoms with Crippen LogP contribution in [0.2, 0.25) is 0 Å². The average Bonchev–Trinajstić information content (AvgIpc) is 2.15. The lowest BCUT2D eigenvalue weighted by molar-refractivity contribution is 0.0823. The number of amides is 1. The molecule has 0 spiro atoms. The van der Waals surface area contributed by atoms with Crippen LogP contribution in [-0.2, 0) is 5.41 Å². The zero-order valence-corrected chi connectivity index (χ0v) is 10.5. The van der Waals surface area contributed by atoms with Gasteiger partial charge in [-0.05, 0) is 23.1 Å². The van der Waals surface area contributed by atoms with Crippen molar-refractivity contribution in [2.45, 2.75) is 26.2 Å². The van der Waals surface area contributed by atoms with E-state index < -0.39 is 5.82 Å². The van der Waals surface area contributed by atoms with Crippen LogP contribution in [0.5, 0.6) is 0 Å². The predicted molar refractivity (Wildman–Crippen MR) is 63.1 cm³/mol. The maximum atomic E-state index is 13.7. The van der Waals surface area contributed by atoms with Gasteiger partial charge in [0, 0.05) is 14.1 Å². The standard InChI is InChI=1S/C13H18FNO/c1-13(2,3)9-6-7-10(11(14)8-9)12(16)15(4)5/h6-8H,1-5H3. The van der Waals surface area contributed by atoms with Crippen LogP contribution in [0.3, 0.4) is 0 Å². The Hall–Kier alpha value is -1.38. The highest BCUT2D eigenvalue weighted by atomic mass is 19.1. The molecule has 0 atom stereocenters. The molecule has 1 aromatic rings. The maximum Gasteiger partial charge on any atom is 0.256 e. The minimum atomic E-state index is -0.453. The van der Waals surface area contributed by atoms with Gasteiger partial charge in [0.1, 0.15) is 5.82 Å². The van der Waals surface area contributed by atoms with E-state index in [0.717, 1.165) is 5.56 Å². The van der Waals surface area contributed by atoms with Gasteiger partial charge in [-0.2, -0.15) is 0 Å². The van der Waals surface area contributed by atoms with Crippen LogP contribution in [0, 0.1) is 5.82 Å². The van der Waals surface area contributed by atoms with Crippen LogP contribution < -0.4 is 0 Å². The van der Waals surface area contributed by atoms with Gasteiger partial charge in [0.15, 0.2) is 0 Å².